The van der Waals surface area contributed by atoms with Gasteiger partial charge in [-0.1, -0.05) is 37.6 Å². The maximum Gasteiger partial charge on any atom is 0.323 e. The quantitative estimate of drug-likeness (QED) is 0.785. The number of rotatable bonds is 6. The number of piperidine rings is 1. The van der Waals surface area contributed by atoms with Crippen molar-refractivity contribution in [3.05, 3.63) is 53.7 Å². The molecule has 0 radical (unpaired) electrons. The van der Waals surface area contributed by atoms with E-state index in [2.05, 4.69) is 47.6 Å². The van der Waals surface area contributed by atoms with E-state index in [1.807, 2.05) is 17.0 Å². The van der Waals surface area contributed by atoms with Crippen LogP contribution in [0.4, 0.5) is 10.6 Å². The molecule has 1 aromatic heterocycles. The highest BCUT2D eigenvalue weighted by atomic mass is 16.5. The lowest BCUT2D eigenvalue weighted by Crippen LogP contribution is -2.39. The summed E-state index contributed by atoms with van der Waals surface area (Å²) in [6, 6.07) is 11.6. The van der Waals surface area contributed by atoms with Crippen molar-refractivity contribution in [2.45, 2.75) is 45.6 Å². The molecular formula is C22H28N4O2. The molecule has 6 heteroatoms. The average Bonchev–Trinajstić information content (AvgIpc) is 2.73. The number of amides is 2. The molecule has 0 spiro atoms. The number of ether oxygens (including phenoxy) is 1. The Hall–Kier alpha value is -2.89. The minimum Gasteiger partial charge on any atom is -0.490 e. The molecule has 1 aliphatic heterocycles. The van der Waals surface area contributed by atoms with Crippen LogP contribution in [0.5, 0.6) is 5.75 Å². The zero-order valence-electron chi connectivity index (χ0n) is 16.6. The van der Waals surface area contributed by atoms with Crippen LogP contribution in [0.2, 0.25) is 0 Å². The molecule has 2 heterocycles. The number of nitrogens with one attached hydrogen (secondary N) is 1. The largest absolute Gasteiger partial charge is 0.490 e. The number of aromatic nitrogens is 2. The summed E-state index contributed by atoms with van der Waals surface area (Å²) in [5.41, 5.74) is 2.50. The van der Waals surface area contributed by atoms with Gasteiger partial charge >= 0.3 is 6.03 Å². The number of likely N-dealkylation sites (tertiary alicyclic amines) is 1. The van der Waals surface area contributed by atoms with E-state index in [1.165, 1.54) is 5.57 Å². The molecule has 0 unspecified atom stereocenters. The fourth-order valence-corrected chi connectivity index (χ4v) is 3.26. The Labute approximate surface area is 166 Å². The maximum atomic E-state index is 12.3. The molecule has 2 amide bonds. The number of hydrogen-bond acceptors (Lipinski definition) is 4. The van der Waals surface area contributed by atoms with Crippen LogP contribution in [0.15, 0.2) is 48.2 Å². The van der Waals surface area contributed by atoms with Crippen molar-refractivity contribution in [1.29, 1.82) is 0 Å². The van der Waals surface area contributed by atoms with Crippen LogP contribution in [0.1, 0.15) is 45.1 Å². The Morgan fingerprint density at radius 1 is 1.21 bits per heavy atom. The second-order valence-electron chi connectivity index (χ2n) is 6.96. The Morgan fingerprint density at radius 3 is 2.68 bits per heavy atom. The zero-order chi connectivity index (χ0) is 19.8. The lowest BCUT2D eigenvalue weighted by atomic mass is 10.0. The van der Waals surface area contributed by atoms with Gasteiger partial charge in [0.2, 0.25) is 0 Å². The summed E-state index contributed by atoms with van der Waals surface area (Å²) in [6.45, 7) is 5.69. The van der Waals surface area contributed by atoms with Gasteiger partial charge in [0, 0.05) is 19.3 Å². The highest BCUT2D eigenvalue weighted by Crippen LogP contribution is 2.23. The summed E-state index contributed by atoms with van der Waals surface area (Å²) >= 11 is 0. The van der Waals surface area contributed by atoms with Gasteiger partial charge in [-0.3, -0.25) is 5.32 Å². The van der Waals surface area contributed by atoms with E-state index >= 15 is 0 Å². The number of benzene rings is 1. The van der Waals surface area contributed by atoms with Crippen molar-refractivity contribution >= 4 is 17.9 Å². The van der Waals surface area contributed by atoms with Crippen molar-refractivity contribution in [2.75, 3.05) is 18.4 Å². The molecule has 1 fully saturated rings. The molecule has 1 aromatic carbocycles. The van der Waals surface area contributed by atoms with Gasteiger partial charge in [0.15, 0.2) is 5.82 Å². The first-order valence-electron chi connectivity index (χ1n) is 9.97. The Bertz CT molecular complexity index is 793. The molecule has 148 valence electrons. The first-order chi connectivity index (χ1) is 13.7. The molecule has 28 heavy (non-hydrogen) atoms. The maximum absolute atomic E-state index is 12.3. The number of urea groups is 1. The van der Waals surface area contributed by atoms with Gasteiger partial charge in [-0.25, -0.2) is 4.79 Å². The van der Waals surface area contributed by atoms with Gasteiger partial charge in [0.25, 0.3) is 0 Å². The van der Waals surface area contributed by atoms with Crippen LogP contribution in [0.3, 0.4) is 0 Å². The fourth-order valence-electron chi connectivity index (χ4n) is 3.26. The SMILES string of the molecule is CCC(CC)Oc1cccc(C=C2CCN(C(=O)Nc3cccnn3)CC2)c1. The third kappa shape index (κ3) is 5.55. The molecule has 1 N–H and O–H groups in total. The normalized spacial score (nSPS) is 14.1. The van der Waals surface area contributed by atoms with Crippen molar-refractivity contribution in [3.63, 3.8) is 0 Å². The minimum absolute atomic E-state index is 0.125. The Morgan fingerprint density at radius 2 is 2.00 bits per heavy atom. The molecule has 3 rings (SSSR count). The molecule has 0 atom stereocenters. The molecule has 0 bridgehead atoms. The van der Waals surface area contributed by atoms with Crippen LogP contribution < -0.4 is 10.1 Å². The first kappa shape index (κ1) is 19.9. The van der Waals surface area contributed by atoms with E-state index in [1.54, 1.807) is 18.3 Å². The van der Waals surface area contributed by atoms with E-state index < -0.39 is 0 Å². The molecule has 1 aliphatic rings. The van der Waals surface area contributed by atoms with E-state index in [0.29, 0.717) is 18.9 Å². The summed E-state index contributed by atoms with van der Waals surface area (Å²) in [5.74, 6) is 1.40. The average molecular weight is 380 g/mol. The number of anilines is 1. The summed E-state index contributed by atoms with van der Waals surface area (Å²) in [5, 5.41) is 10.5. The van der Waals surface area contributed by atoms with Crippen molar-refractivity contribution in [1.82, 2.24) is 15.1 Å². The second-order valence-corrected chi connectivity index (χ2v) is 6.96. The van der Waals surface area contributed by atoms with Crippen LogP contribution in [0, 0.1) is 0 Å². The number of carbonyl (C=O) groups is 1. The lowest BCUT2D eigenvalue weighted by Gasteiger charge is -2.28. The second kappa shape index (κ2) is 9.88. The highest BCUT2D eigenvalue weighted by molar-refractivity contribution is 5.88. The summed E-state index contributed by atoms with van der Waals surface area (Å²) < 4.78 is 6.05. The van der Waals surface area contributed by atoms with Gasteiger partial charge in [-0.2, -0.15) is 5.10 Å². The molecule has 2 aromatic rings. The van der Waals surface area contributed by atoms with E-state index in [9.17, 15) is 4.79 Å². The molecular weight excluding hydrogens is 352 g/mol. The van der Waals surface area contributed by atoms with E-state index in [0.717, 1.165) is 37.0 Å². The van der Waals surface area contributed by atoms with Crippen LogP contribution in [-0.4, -0.2) is 40.3 Å². The van der Waals surface area contributed by atoms with Crippen LogP contribution in [0.25, 0.3) is 6.08 Å². The number of hydrogen-bond donors (Lipinski definition) is 1. The highest BCUT2D eigenvalue weighted by Gasteiger charge is 2.19. The van der Waals surface area contributed by atoms with Gasteiger partial charge in [0.05, 0.1) is 6.10 Å². The summed E-state index contributed by atoms with van der Waals surface area (Å²) in [4.78, 5) is 14.2. The lowest BCUT2D eigenvalue weighted by molar-refractivity contribution is 0.193. The van der Waals surface area contributed by atoms with E-state index in [4.69, 9.17) is 4.74 Å². The van der Waals surface area contributed by atoms with Crippen LogP contribution in [-0.2, 0) is 0 Å². The fraction of sp³-hybridized carbons (Fsp3) is 0.409. The third-order valence-electron chi connectivity index (χ3n) is 4.94. The monoisotopic (exact) mass is 380 g/mol. The van der Waals surface area contributed by atoms with E-state index in [-0.39, 0.29) is 12.1 Å². The van der Waals surface area contributed by atoms with Gasteiger partial charge in [0.1, 0.15) is 5.75 Å². The Kier molecular flexibility index (Phi) is 7.00. The predicted molar refractivity (Wildman–Crippen MR) is 111 cm³/mol. The minimum atomic E-state index is -0.125. The molecule has 0 saturated carbocycles. The molecule has 0 aliphatic carbocycles. The van der Waals surface area contributed by atoms with Gasteiger partial charge < -0.3 is 9.64 Å². The molecule has 1 saturated heterocycles. The van der Waals surface area contributed by atoms with Crippen molar-refractivity contribution in [2.24, 2.45) is 0 Å². The topological polar surface area (TPSA) is 67.3 Å². The first-order valence-corrected chi connectivity index (χ1v) is 9.97. The van der Waals surface area contributed by atoms with Crippen LogP contribution >= 0.6 is 0 Å². The van der Waals surface area contributed by atoms with Crippen molar-refractivity contribution < 1.29 is 9.53 Å². The predicted octanol–water partition coefficient (Wildman–Crippen LogP) is 4.76. The standard InChI is InChI=1S/C22H28N4O2/c1-3-19(4-2)28-20-8-5-7-18(16-20)15-17-10-13-26(14-11-17)22(27)24-21-9-6-12-23-25-21/h5-9,12,15-16,19H,3-4,10-11,13-14H2,1-2H3,(H,24,25,27). The smallest absolute Gasteiger partial charge is 0.323 e. The summed E-state index contributed by atoms with van der Waals surface area (Å²) in [6.07, 6.45) is 7.81. The number of carbonyl (C=O) groups excluding carboxylic acids is 1. The third-order valence-corrected chi connectivity index (χ3v) is 4.94. The Balaban J connectivity index is 1.55. The van der Waals surface area contributed by atoms with Gasteiger partial charge in [-0.15, -0.1) is 5.10 Å². The van der Waals surface area contributed by atoms with Gasteiger partial charge in [-0.05, 0) is 55.5 Å². The molecule has 6 nitrogen and oxygen atoms in total. The van der Waals surface area contributed by atoms with Crippen molar-refractivity contribution in [3.8, 4) is 5.75 Å². The summed E-state index contributed by atoms with van der Waals surface area (Å²) in [7, 11) is 0. The zero-order valence-corrected chi connectivity index (χ0v) is 16.6. The number of nitrogens with zero attached hydrogens (tertiary/aromatic N) is 3.